The monoisotopic (exact) mass is 331 g/mol. The van der Waals surface area contributed by atoms with Crippen LogP contribution in [0.15, 0.2) is 30.3 Å². The van der Waals surface area contributed by atoms with E-state index in [1.54, 1.807) is 30.3 Å². The van der Waals surface area contributed by atoms with Crippen LogP contribution in [0, 0.1) is 5.92 Å². The molecule has 1 N–H and O–H groups in total. The van der Waals surface area contributed by atoms with Crippen LogP contribution in [0.5, 0.6) is 0 Å². The van der Waals surface area contributed by atoms with E-state index in [1.807, 2.05) is 0 Å². The van der Waals surface area contributed by atoms with Gasteiger partial charge in [-0.05, 0) is 18.4 Å². The molecule has 5 nitrogen and oxygen atoms in total. The first-order valence-corrected chi connectivity index (χ1v) is 7.07. The van der Waals surface area contributed by atoms with Gasteiger partial charge in [-0.3, -0.25) is 4.90 Å². The average molecular weight is 331 g/mol. The number of carboxylic acids is 1. The van der Waals surface area contributed by atoms with Crippen molar-refractivity contribution in [2.45, 2.75) is 31.7 Å². The number of likely N-dealkylation sites (tertiary alicyclic amines) is 1. The quantitative estimate of drug-likeness (QED) is 0.924. The highest BCUT2D eigenvalue weighted by Gasteiger charge is 2.52. The van der Waals surface area contributed by atoms with Crippen molar-refractivity contribution in [2.24, 2.45) is 5.92 Å². The van der Waals surface area contributed by atoms with Crippen LogP contribution in [0.4, 0.5) is 18.0 Å². The maximum absolute atomic E-state index is 13.0. The number of amides is 1. The Bertz CT molecular complexity index is 562. The van der Waals surface area contributed by atoms with E-state index >= 15 is 0 Å². The molecule has 126 valence electrons. The number of carbonyl (C=O) groups excluding carboxylic acids is 1. The number of carbonyl (C=O) groups is 2. The van der Waals surface area contributed by atoms with Crippen LogP contribution in [0.3, 0.4) is 0 Å². The lowest BCUT2D eigenvalue weighted by molar-refractivity contribution is -0.205. The zero-order valence-electron chi connectivity index (χ0n) is 12.1. The molecule has 0 radical (unpaired) electrons. The maximum atomic E-state index is 13.0. The number of rotatable bonds is 3. The molecule has 1 heterocycles. The first-order chi connectivity index (χ1) is 10.8. The van der Waals surface area contributed by atoms with Gasteiger partial charge >= 0.3 is 18.2 Å². The van der Waals surface area contributed by atoms with Gasteiger partial charge in [-0.25, -0.2) is 9.59 Å². The van der Waals surface area contributed by atoms with Crippen molar-refractivity contribution in [1.29, 1.82) is 0 Å². The number of hydrogen-bond acceptors (Lipinski definition) is 3. The molecule has 2 rings (SSSR count). The minimum Gasteiger partial charge on any atom is -0.480 e. The number of halogens is 3. The summed E-state index contributed by atoms with van der Waals surface area (Å²) in [5.41, 5.74) is 0.664. The topological polar surface area (TPSA) is 66.8 Å². The number of benzene rings is 1. The van der Waals surface area contributed by atoms with E-state index in [1.165, 1.54) is 0 Å². The second kappa shape index (κ2) is 6.89. The molecule has 0 bridgehead atoms. The Balaban J connectivity index is 2.09. The summed E-state index contributed by atoms with van der Waals surface area (Å²) in [7, 11) is 0. The average Bonchev–Trinajstić information content (AvgIpc) is 2.52. The molecule has 0 unspecified atom stereocenters. The first-order valence-electron chi connectivity index (χ1n) is 7.07. The minimum atomic E-state index is -4.68. The van der Waals surface area contributed by atoms with Gasteiger partial charge in [0.25, 0.3) is 0 Å². The lowest BCUT2D eigenvalue weighted by Crippen LogP contribution is -2.56. The van der Waals surface area contributed by atoms with Crippen molar-refractivity contribution in [3.63, 3.8) is 0 Å². The summed E-state index contributed by atoms with van der Waals surface area (Å²) >= 11 is 0. The van der Waals surface area contributed by atoms with Crippen molar-refractivity contribution >= 4 is 12.1 Å². The van der Waals surface area contributed by atoms with Gasteiger partial charge in [0.15, 0.2) is 0 Å². The number of carboxylic acid groups (broad SMARTS) is 1. The van der Waals surface area contributed by atoms with Gasteiger partial charge in [-0.2, -0.15) is 13.2 Å². The van der Waals surface area contributed by atoms with E-state index in [0.29, 0.717) is 10.5 Å². The molecule has 1 fully saturated rings. The van der Waals surface area contributed by atoms with Gasteiger partial charge < -0.3 is 9.84 Å². The Kier molecular flexibility index (Phi) is 5.12. The van der Waals surface area contributed by atoms with E-state index in [2.05, 4.69) is 0 Å². The third kappa shape index (κ3) is 4.14. The van der Waals surface area contributed by atoms with Crippen LogP contribution in [-0.2, 0) is 16.1 Å². The number of ether oxygens (including phenoxy) is 1. The Morgan fingerprint density at radius 2 is 1.91 bits per heavy atom. The summed E-state index contributed by atoms with van der Waals surface area (Å²) in [4.78, 5) is 23.9. The van der Waals surface area contributed by atoms with Crippen LogP contribution in [-0.4, -0.2) is 40.8 Å². The summed E-state index contributed by atoms with van der Waals surface area (Å²) in [6.07, 6.45) is -5.96. The van der Waals surface area contributed by atoms with Crippen molar-refractivity contribution < 1.29 is 32.6 Å². The second-order valence-electron chi connectivity index (χ2n) is 5.31. The normalized spacial score (nSPS) is 21.8. The van der Waals surface area contributed by atoms with Crippen LogP contribution in [0.25, 0.3) is 0 Å². The molecule has 1 aromatic carbocycles. The molecule has 0 spiro atoms. The number of alkyl halides is 3. The molecule has 23 heavy (non-hydrogen) atoms. The van der Waals surface area contributed by atoms with E-state index in [9.17, 15) is 22.8 Å². The molecule has 0 aliphatic carbocycles. The van der Waals surface area contributed by atoms with Crippen molar-refractivity contribution in [2.75, 3.05) is 6.54 Å². The fraction of sp³-hybridized carbons (Fsp3) is 0.467. The van der Waals surface area contributed by atoms with Crippen molar-refractivity contribution in [3.05, 3.63) is 35.9 Å². The standard InChI is InChI=1S/C15H16F3NO4/c16-15(17,18)11-7-4-8-19(12(11)13(20)21)14(22)23-9-10-5-2-1-3-6-10/h1-3,5-6,11-12H,4,7-9H2,(H,20,21)/t11-,12+/m0/s1. The van der Waals surface area contributed by atoms with Crippen LogP contribution >= 0.6 is 0 Å². The molecule has 1 aliphatic rings. The summed E-state index contributed by atoms with van der Waals surface area (Å²) in [5, 5.41) is 9.13. The fourth-order valence-electron chi connectivity index (χ4n) is 2.65. The molecule has 2 atom stereocenters. The number of nitrogens with zero attached hydrogens (tertiary/aromatic N) is 1. The van der Waals surface area contributed by atoms with Gasteiger partial charge in [0, 0.05) is 6.54 Å². The van der Waals surface area contributed by atoms with Crippen LogP contribution in [0.2, 0.25) is 0 Å². The van der Waals surface area contributed by atoms with Crippen molar-refractivity contribution in [1.82, 2.24) is 4.90 Å². The summed E-state index contributed by atoms with van der Waals surface area (Å²) in [6.45, 7) is -0.198. The number of aliphatic carboxylic acids is 1. The van der Waals surface area contributed by atoms with E-state index < -0.39 is 30.2 Å². The highest BCUT2D eigenvalue weighted by Crippen LogP contribution is 2.37. The van der Waals surface area contributed by atoms with E-state index in [-0.39, 0.29) is 26.0 Å². The van der Waals surface area contributed by atoms with Gasteiger partial charge in [-0.15, -0.1) is 0 Å². The third-order valence-corrected chi connectivity index (χ3v) is 3.74. The molecule has 0 aromatic heterocycles. The first kappa shape index (κ1) is 17.1. The predicted molar refractivity (Wildman–Crippen MR) is 73.5 cm³/mol. The smallest absolute Gasteiger partial charge is 0.410 e. The minimum absolute atomic E-state index is 0.0723. The third-order valence-electron chi connectivity index (χ3n) is 3.74. The molecular weight excluding hydrogens is 315 g/mol. The zero-order chi connectivity index (χ0) is 17.0. The Morgan fingerprint density at radius 3 is 2.48 bits per heavy atom. The molecular formula is C15H16F3NO4. The van der Waals surface area contributed by atoms with Crippen LogP contribution < -0.4 is 0 Å². The summed E-state index contributed by atoms with van der Waals surface area (Å²) < 4.78 is 44.0. The number of piperidine rings is 1. The number of hydrogen-bond donors (Lipinski definition) is 1. The molecule has 0 saturated carbocycles. The molecule has 1 saturated heterocycles. The summed E-state index contributed by atoms with van der Waals surface area (Å²) in [6, 6.07) is 6.65. The van der Waals surface area contributed by atoms with E-state index in [4.69, 9.17) is 9.84 Å². The molecule has 1 amide bonds. The second-order valence-corrected chi connectivity index (χ2v) is 5.31. The molecule has 1 aliphatic heterocycles. The fourth-order valence-corrected chi connectivity index (χ4v) is 2.65. The lowest BCUT2D eigenvalue weighted by Gasteiger charge is -2.38. The Hall–Kier alpha value is -2.25. The largest absolute Gasteiger partial charge is 0.480 e. The molecule has 8 heteroatoms. The molecule has 1 aromatic rings. The highest BCUT2D eigenvalue weighted by molar-refractivity contribution is 5.80. The Morgan fingerprint density at radius 1 is 1.26 bits per heavy atom. The van der Waals surface area contributed by atoms with Gasteiger partial charge in [0.2, 0.25) is 0 Å². The van der Waals surface area contributed by atoms with Gasteiger partial charge in [0.05, 0.1) is 5.92 Å². The predicted octanol–water partition coefficient (Wildman–Crippen LogP) is 3.05. The maximum Gasteiger partial charge on any atom is 0.410 e. The van der Waals surface area contributed by atoms with Gasteiger partial charge in [0.1, 0.15) is 12.6 Å². The Labute approximate surface area is 130 Å². The SMILES string of the molecule is O=C(O)[C@H]1[C@@H](C(F)(F)F)CCCN1C(=O)OCc1ccccc1. The highest BCUT2D eigenvalue weighted by atomic mass is 19.4. The lowest BCUT2D eigenvalue weighted by atomic mass is 9.89. The van der Waals surface area contributed by atoms with Gasteiger partial charge in [-0.1, -0.05) is 30.3 Å². The van der Waals surface area contributed by atoms with Crippen molar-refractivity contribution in [3.8, 4) is 0 Å². The van der Waals surface area contributed by atoms with Crippen LogP contribution in [0.1, 0.15) is 18.4 Å². The summed E-state index contributed by atoms with van der Waals surface area (Å²) in [5.74, 6) is -3.76. The zero-order valence-corrected chi connectivity index (χ0v) is 12.1. The van der Waals surface area contributed by atoms with E-state index in [0.717, 1.165) is 0 Å².